The van der Waals surface area contributed by atoms with Crippen molar-refractivity contribution >= 4 is 11.6 Å². The minimum atomic E-state index is -0.484. The molecule has 21 heavy (non-hydrogen) atoms. The van der Waals surface area contributed by atoms with Crippen LogP contribution in [0.25, 0.3) is 0 Å². The molecule has 0 bridgehead atoms. The van der Waals surface area contributed by atoms with Crippen LogP contribution < -0.4 is 5.73 Å². The quantitative estimate of drug-likeness (QED) is 0.820. The number of anilines is 1. The number of nitrogens with two attached hydrogens (primary N) is 1. The molecule has 0 fully saturated rings. The highest BCUT2D eigenvalue weighted by Crippen LogP contribution is 2.28. The van der Waals surface area contributed by atoms with Gasteiger partial charge in [-0.25, -0.2) is 4.39 Å². The maximum absolute atomic E-state index is 13.4. The Morgan fingerprint density at radius 2 is 2.05 bits per heavy atom. The van der Waals surface area contributed by atoms with E-state index in [9.17, 15) is 9.18 Å². The van der Waals surface area contributed by atoms with Gasteiger partial charge in [0.25, 0.3) is 5.91 Å². The molecule has 5 heteroatoms. The lowest BCUT2D eigenvalue weighted by Crippen LogP contribution is -2.41. The lowest BCUT2D eigenvalue weighted by Gasteiger charge is -2.35. The van der Waals surface area contributed by atoms with E-state index in [0.29, 0.717) is 12.1 Å². The fraction of sp³-hybridized carbons (Fsp3) is 0.312. The number of fused-ring (bicyclic) bond motifs is 1. The van der Waals surface area contributed by atoms with Gasteiger partial charge in [-0.05, 0) is 44.2 Å². The summed E-state index contributed by atoms with van der Waals surface area (Å²) in [6.45, 7) is 5.42. The fourth-order valence-corrected chi connectivity index (χ4v) is 3.00. The lowest BCUT2D eigenvalue weighted by atomic mass is 10.1. The second-order valence-corrected chi connectivity index (χ2v) is 5.50. The SMILES string of the molecule is Cc1ccc2n1CCN(C(=O)c1cc(N)cc(F)c1)C2C. The van der Waals surface area contributed by atoms with Gasteiger partial charge in [-0.2, -0.15) is 0 Å². The number of hydrogen-bond acceptors (Lipinski definition) is 2. The molecule has 2 N–H and O–H groups in total. The molecule has 2 heterocycles. The van der Waals surface area contributed by atoms with E-state index in [2.05, 4.69) is 17.6 Å². The molecule has 2 aromatic rings. The van der Waals surface area contributed by atoms with Gasteiger partial charge in [0.15, 0.2) is 0 Å². The molecule has 1 aliphatic heterocycles. The summed E-state index contributed by atoms with van der Waals surface area (Å²) in [4.78, 5) is 14.4. The molecule has 1 aliphatic rings. The van der Waals surface area contributed by atoms with Gasteiger partial charge in [-0.3, -0.25) is 4.79 Å². The number of carbonyl (C=O) groups excluding carboxylic acids is 1. The lowest BCUT2D eigenvalue weighted by molar-refractivity contribution is 0.0642. The van der Waals surface area contributed by atoms with Crippen molar-refractivity contribution < 1.29 is 9.18 Å². The molecule has 0 saturated heterocycles. The first-order valence-corrected chi connectivity index (χ1v) is 7.00. The Hall–Kier alpha value is -2.30. The van der Waals surface area contributed by atoms with E-state index in [4.69, 9.17) is 5.73 Å². The van der Waals surface area contributed by atoms with Crippen LogP contribution in [0.2, 0.25) is 0 Å². The monoisotopic (exact) mass is 287 g/mol. The van der Waals surface area contributed by atoms with Gasteiger partial charge >= 0.3 is 0 Å². The zero-order valence-corrected chi connectivity index (χ0v) is 12.1. The zero-order valence-electron chi connectivity index (χ0n) is 12.1. The molecule has 1 atom stereocenters. The van der Waals surface area contributed by atoms with Crippen LogP contribution in [0.5, 0.6) is 0 Å². The standard InChI is InChI=1S/C16H18FN3O/c1-10-3-4-15-11(2)20(6-5-19(10)15)16(21)12-7-13(17)9-14(18)8-12/h3-4,7-9,11H,5-6,18H2,1-2H3. The van der Waals surface area contributed by atoms with Crippen LogP contribution in [0.4, 0.5) is 10.1 Å². The van der Waals surface area contributed by atoms with Crippen LogP contribution in [-0.4, -0.2) is 21.9 Å². The number of rotatable bonds is 1. The average Bonchev–Trinajstić information content (AvgIpc) is 2.80. The normalized spacial score (nSPS) is 17.7. The van der Waals surface area contributed by atoms with E-state index in [1.54, 1.807) is 4.90 Å². The van der Waals surface area contributed by atoms with Gasteiger partial charge in [0.2, 0.25) is 0 Å². The molecule has 110 valence electrons. The van der Waals surface area contributed by atoms with Crippen molar-refractivity contribution in [2.75, 3.05) is 12.3 Å². The molecule has 0 spiro atoms. The highest BCUT2D eigenvalue weighted by Gasteiger charge is 2.29. The Morgan fingerprint density at radius 3 is 2.76 bits per heavy atom. The van der Waals surface area contributed by atoms with E-state index < -0.39 is 5.82 Å². The van der Waals surface area contributed by atoms with E-state index in [-0.39, 0.29) is 17.6 Å². The Kier molecular flexibility index (Phi) is 3.20. The number of nitrogen functional groups attached to an aromatic ring is 1. The van der Waals surface area contributed by atoms with Gasteiger partial charge in [-0.1, -0.05) is 0 Å². The van der Waals surface area contributed by atoms with Gasteiger partial charge in [0.1, 0.15) is 5.82 Å². The molecule has 0 saturated carbocycles. The van der Waals surface area contributed by atoms with E-state index in [1.807, 2.05) is 13.0 Å². The molecule has 0 radical (unpaired) electrons. The highest BCUT2D eigenvalue weighted by molar-refractivity contribution is 5.95. The number of halogens is 1. The summed E-state index contributed by atoms with van der Waals surface area (Å²) >= 11 is 0. The predicted octanol–water partition coefficient (Wildman–Crippen LogP) is 2.73. The fourth-order valence-electron chi connectivity index (χ4n) is 3.00. The number of hydrogen-bond donors (Lipinski definition) is 1. The number of amides is 1. The third kappa shape index (κ3) is 2.28. The molecular weight excluding hydrogens is 269 g/mol. The second kappa shape index (κ2) is 4.91. The van der Waals surface area contributed by atoms with Crippen molar-refractivity contribution in [1.29, 1.82) is 0 Å². The Labute approximate surface area is 123 Å². The molecular formula is C16H18FN3O. The minimum Gasteiger partial charge on any atom is -0.399 e. The smallest absolute Gasteiger partial charge is 0.254 e. The summed E-state index contributed by atoms with van der Waals surface area (Å²) in [5, 5.41) is 0. The summed E-state index contributed by atoms with van der Waals surface area (Å²) in [5.74, 6) is -0.666. The Morgan fingerprint density at radius 1 is 1.29 bits per heavy atom. The van der Waals surface area contributed by atoms with Crippen molar-refractivity contribution in [2.24, 2.45) is 0 Å². The molecule has 1 aromatic heterocycles. The maximum Gasteiger partial charge on any atom is 0.254 e. The van der Waals surface area contributed by atoms with Crippen LogP contribution >= 0.6 is 0 Å². The predicted molar refractivity (Wildman–Crippen MR) is 79.4 cm³/mol. The zero-order chi connectivity index (χ0) is 15.1. The van der Waals surface area contributed by atoms with Crippen molar-refractivity contribution in [3.63, 3.8) is 0 Å². The Balaban J connectivity index is 1.92. The number of carbonyl (C=O) groups is 1. The van der Waals surface area contributed by atoms with E-state index >= 15 is 0 Å². The van der Waals surface area contributed by atoms with E-state index in [0.717, 1.165) is 12.2 Å². The summed E-state index contributed by atoms with van der Waals surface area (Å²) in [6, 6.07) is 8.04. The number of benzene rings is 1. The summed E-state index contributed by atoms with van der Waals surface area (Å²) in [6.07, 6.45) is 0. The van der Waals surface area contributed by atoms with Crippen LogP contribution in [0.15, 0.2) is 30.3 Å². The van der Waals surface area contributed by atoms with Gasteiger partial charge < -0.3 is 15.2 Å². The minimum absolute atomic E-state index is 0.0376. The third-order valence-electron chi connectivity index (χ3n) is 4.12. The van der Waals surface area contributed by atoms with Crippen LogP contribution in [-0.2, 0) is 6.54 Å². The van der Waals surface area contributed by atoms with Crippen LogP contribution in [0, 0.1) is 12.7 Å². The Bertz CT molecular complexity index is 687. The highest BCUT2D eigenvalue weighted by atomic mass is 19.1. The van der Waals surface area contributed by atoms with Crippen molar-refractivity contribution in [3.05, 3.63) is 53.1 Å². The largest absolute Gasteiger partial charge is 0.399 e. The molecule has 1 aromatic carbocycles. The summed E-state index contributed by atoms with van der Waals surface area (Å²) in [5.41, 5.74) is 8.50. The number of aromatic nitrogens is 1. The first-order chi connectivity index (χ1) is 9.97. The number of nitrogens with zero attached hydrogens (tertiary/aromatic N) is 2. The first-order valence-electron chi connectivity index (χ1n) is 7.00. The third-order valence-corrected chi connectivity index (χ3v) is 4.12. The molecule has 4 nitrogen and oxygen atoms in total. The van der Waals surface area contributed by atoms with Gasteiger partial charge in [0, 0.05) is 35.7 Å². The summed E-state index contributed by atoms with van der Waals surface area (Å²) < 4.78 is 15.7. The maximum atomic E-state index is 13.4. The van der Waals surface area contributed by atoms with Gasteiger partial charge in [0.05, 0.1) is 6.04 Å². The average molecular weight is 287 g/mol. The van der Waals surface area contributed by atoms with Crippen molar-refractivity contribution in [2.45, 2.75) is 26.4 Å². The van der Waals surface area contributed by atoms with Crippen molar-refractivity contribution in [3.8, 4) is 0 Å². The second-order valence-electron chi connectivity index (χ2n) is 5.50. The van der Waals surface area contributed by atoms with E-state index in [1.165, 1.54) is 23.9 Å². The van der Waals surface area contributed by atoms with Crippen LogP contribution in [0.3, 0.4) is 0 Å². The number of aryl methyl sites for hydroxylation is 1. The van der Waals surface area contributed by atoms with Gasteiger partial charge in [-0.15, -0.1) is 0 Å². The molecule has 1 amide bonds. The topological polar surface area (TPSA) is 51.3 Å². The molecule has 1 unspecified atom stereocenters. The van der Waals surface area contributed by atoms with Crippen LogP contribution in [0.1, 0.15) is 34.7 Å². The molecule has 0 aliphatic carbocycles. The van der Waals surface area contributed by atoms with Crippen molar-refractivity contribution in [1.82, 2.24) is 9.47 Å². The summed E-state index contributed by atoms with van der Waals surface area (Å²) in [7, 11) is 0. The molecule has 3 rings (SSSR count). The first kappa shape index (κ1) is 13.7.